The van der Waals surface area contributed by atoms with Gasteiger partial charge in [0.2, 0.25) is 0 Å². The van der Waals surface area contributed by atoms with Crippen LogP contribution >= 0.6 is 22.9 Å². The Morgan fingerprint density at radius 1 is 1.75 bits per heavy atom. The summed E-state index contributed by atoms with van der Waals surface area (Å²) in [6.07, 6.45) is 0. The van der Waals surface area contributed by atoms with Gasteiger partial charge in [0.05, 0.1) is 4.88 Å². The monoisotopic (exact) mass is 208 g/mol. The molecule has 0 aromatic carbocycles. The number of aryl methyl sites for hydroxylation is 1. The number of halogens is 1. The van der Waals surface area contributed by atoms with E-state index in [9.17, 15) is 9.59 Å². The molecule has 1 aromatic heterocycles. The highest BCUT2D eigenvalue weighted by Crippen LogP contribution is 2.12. The second-order valence-corrected chi connectivity index (χ2v) is 3.30. The molecule has 0 atom stereocenters. The molecule has 0 aliphatic heterocycles. The van der Waals surface area contributed by atoms with Gasteiger partial charge in [0.15, 0.2) is 0 Å². The standard InChI is InChI=1S/C6H5ClO4S/c1-3-4(2-10-5(7)8)12-6(9)11-3/h2H2,1H3. The van der Waals surface area contributed by atoms with Crippen molar-refractivity contribution in [1.29, 1.82) is 0 Å². The highest BCUT2D eigenvalue weighted by atomic mass is 35.5. The van der Waals surface area contributed by atoms with E-state index in [0.717, 1.165) is 11.3 Å². The van der Waals surface area contributed by atoms with E-state index in [1.807, 2.05) is 0 Å². The lowest BCUT2D eigenvalue weighted by Gasteiger charge is -1.95. The first-order valence-electron chi connectivity index (χ1n) is 3.01. The van der Waals surface area contributed by atoms with Crippen LogP contribution < -0.4 is 4.94 Å². The third kappa shape index (κ3) is 2.35. The van der Waals surface area contributed by atoms with Gasteiger partial charge in [0, 0.05) is 11.6 Å². The second-order valence-electron chi connectivity index (χ2n) is 1.96. The number of hydrogen-bond donors (Lipinski definition) is 0. The fourth-order valence-corrected chi connectivity index (χ4v) is 1.35. The average Bonchev–Trinajstić information content (AvgIpc) is 2.26. The number of carbonyl (C=O) groups is 1. The van der Waals surface area contributed by atoms with Crippen molar-refractivity contribution in [2.24, 2.45) is 0 Å². The maximum Gasteiger partial charge on any atom is 0.404 e. The van der Waals surface area contributed by atoms with Crippen LogP contribution in [0.25, 0.3) is 0 Å². The van der Waals surface area contributed by atoms with E-state index in [0.29, 0.717) is 10.6 Å². The van der Waals surface area contributed by atoms with Gasteiger partial charge in [-0.15, -0.1) is 0 Å². The lowest BCUT2D eigenvalue weighted by atomic mass is 10.4. The van der Waals surface area contributed by atoms with Gasteiger partial charge < -0.3 is 9.15 Å². The van der Waals surface area contributed by atoms with Gasteiger partial charge in [0.1, 0.15) is 12.4 Å². The summed E-state index contributed by atoms with van der Waals surface area (Å²) in [6.45, 7) is 1.61. The van der Waals surface area contributed by atoms with Crippen LogP contribution in [-0.2, 0) is 11.3 Å². The van der Waals surface area contributed by atoms with Crippen molar-refractivity contribution >= 4 is 28.4 Å². The average molecular weight is 209 g/mol. The zero-order valence-corrected chi connectivity index (χ0v) is 7.70. The smallest absolute Gasteiger partial charge is 0.404 e. The van der Waals surface area contributed by atoms with Crippen molar-refractivity contribution in [2.75, 3.05) is 0 Å². The maximum absolute atomic E-state index is 10.6. The molecular formula is C6H5ClO4S. The van der Waals surface area contributed by atoms with Crippen LogP contribution in [-0.4, -0.2) is 5.43 Å². The molecule has 0 fully saturated rings. The van der Waals surface area contributed by atoms with Crippen LogP contribution in [0.2, 0.25) is 0 Å². The van der Waals surface area contributed by atoms with Crippen LogP contribution in [0.15, 0.2) is 9.21 Å². The van der Waals surface area contributed by atoms with Crippen molar-refractivity contribution in [2.45, 2.75) is 13.5 Å². The maximum atomic E-state index is 10.6. The molecule has 0 aliphatic carbocycles. The molecule has 0 saturated carbocycles. The lowest BCUT2D eigenvalue weighted by molar-refractivity contribution is 0.167. The van der Waals surface area contributed by atoms with Crippen LogP contribution in [0.3, 0.4) is 0 Å². The first-order valence-corrected chi connectivity index (χ1v) is 4.20. The molecule has 0 amide bonds. The SMILES string of the molecule is Cc1oc(=O)sc1COC(=O)Cl. The van der Waals surface area contributed by atoms with E-state index in [1.54, 1.807) is 6.92 Å². The summed E-state index contributed by atoms with van der Waals surface area (Å²) in [7, 11) is 0. The molecule has 1 rings (SSSR count). The molecular weight excluding hydrogens is 204 g/mol. The summed E-state index contributed by atoms with van der Waals surface area (Å²) in [4.78, 5) is 21.0. The zero-order valence-electron chi connectivity index (χ0n) is 6.13. The van der Waals surface area contributed by atoms with Gasteiger partial charge in [-0.05, 0) is 6.92 Å². The predicted molar refractivity (Wildman–Crippen MR) is 43.6 cm³/mol. The zero-order chi connectivity index (χ0) is 9.14. The normalized spacial score (nSPS) is 9.83. The molecule has 4 nitrogen and oxygen atoms in total. The molecule has 1 aromatic rings. The van der Waals surface area contributed by atoms with E-state index < -0.39 is 10.4 Å². The van der Waals surface area contributed by atoms with Gasteiger partial charge in [-0.2, -0.15) is 0 Å². The van der Waals surface area contributed by atoms with Crippen molar-refractivity contribution in [3.8, 4) is 0 Å². The minimum Gasteiger partial charge on any atom is -0.448 e. The number of ether oxygens (including phenoxy) is 1. The molecule has 0 unspecified atom stereocenters. The third-order valence-corrected chi connectivity index (χ3v) is 2.16. The van der Waals surface area contributed by atoms with Crippen molar-refractivity contribution < 1.29 is 13.9 Å². The molecule has 66 valence electrons. The first-order chi connectivity index (χ1) is 5.59. The molecule has 0 aliphatic rings. The Kier molecular flexibility index (Phi) is 2.88. The Morgan fingerprint density at radius 2 is 2.42 bits per heavy atom. The van der Waals surface area contributed by atoms with Crippen LogP contribution in [0.4, 0.5) is 4.79 Å². The topological polar surface area (TPSA) is 56.5 Å². The summed E-state index contributed by atoms with van der Waals surface area (Å²) in [6, 6.07) is 0. The fraction of sp³-hybridized carbons (Fsp3) is 0.333. The van der Waals surface area contributed by atoms with Gasteiger partial charge >= 0.3 is 10.4 Å². The summed E-state index contributed by atoms with van der Waals surface area (Å²) in [5.41, 5.74) is -0.893. The molecule has 12 heavy (non-hydrogen) atoms. The number of rotatable bonds is 2. The Bertz CT molecular complexity index is 340. The summed E-state index contributed by atoms with van der Waals surface area (Å²) in [5, 5.41) is 0. The molecule has 0 spiro atoms. The van der Waals surface area contributed by atoms with Crippen molar-refractivity contribution in [3.05, 3.63) is 20.4 Å². The highest BCUT2D eigenvalue weighted by molar-refractivity contribution is 7.09. The van der Waals surface area contributed by atoms with Crippen LogP contribution in [0.1, 0.15) is 10.6 Å². The summed E-state index contributed by atoms with van der Waals surface area (Å²) < 4.78 is 9.14. The minimum absolute atomic E-state index is 0.00935. The number of carbonyl (C=O) groups excluding carboxylic acids is 1. The Balaban J connectivity index is 2.69. The lowest BCUT2D eigenvalue weighted by Crippen LogP contribution is -1.93. The summed E-state index contributed by atoms with van der Waals surface area (Å²) >= 11 is 5.82. The van der Waals surface area contributed by atoms with E-state index in [4.69, 9.17) is 11.6 Å². The largest absolute Gasteiger partial charge is 0.448 e. The Morgan fingerprint density at radius 3 is 2.83 bits per heavy atom. The quantitative estimate of drug-likeness (QED) is 0.697. The summed E-state index contributed by atoms with van der Waals surface area (Å²) in [5.74, 6) is 0.461. The Hall–Kier alpha value is -0.810. The molecule has 0 bridgehead atoms. The first kappa shape index (κ1) is 9.28. The molecule has 0 N–H and O–H groups in total. The number of hydrogen-bond acceptors (Lipinski definition) is 5. The van der Waals surface area contributed by atoms with Crippen molar-refractivity contribution in [3.63, 3.8) is 0 Å². The molecule has 1 heterocycles. The minimum atomic E-state index is -0.893. The van der Waals surface area contributed by atoms with Crippen molar-refractivity contribution in [1.82, 2.24) is 0 Å². The van der Waals surface area contributed by atoms with Gasteiger partial charge in [-0.1, -0.05) is 11.3 Å². The second kappa shape index (κ2) is 3.73. The molecule has 0 saturated heterocycles. The van der Waals surface area contributed by atoms with Crippen LogP contribution in [0.5, 0.6) is 0 Å². The molecule has 0 radical (unpaired) electrons. The Labute approximate surface area is 76.7 Å². The van der Waals surface area contributed by atoms with E-state index >= 15 is 0 Å². The highest BCUT2D eigenvalue weighted by Gasteiger charge is 2.07. The van der Waals surface area contributed by atoms with E-state index in [1.165, 1.54) is 0 Å². The van der Waals surface area contributed by atoms with Crippen LogP contribution in [0, 0.1) is 6.92 Å². The molecule has 6 heteroatoms. The predicted octanol–water partition coefficient (Wildman–Crippen LogP) is 1.89. The van der Waals surface area contributed by atoms with Gasteiger partial charge in [-0.25, -0.2) is 9.59 Å². The van der Waals surface area contributed by atoms with Gasteiger partial charge in [-0.3, -0.25) is 0 Å². The third-order valence-electron chi connectivity index (χ3n) is 1.15. The fourth-order valence-electron chi connectivity index (χ4n) is 0.629. The van der Waals surface area contributed by atoms with Gasteiger partial charge in [0.25, 0.3) is 0 Å². The van der Waals surface area contributed by atoms with E-state index in [2.05, 4.69) is 9.15 Å². The van der Waals surface area contributed by atoms with E-state index in [-0.39, 0.29) is 6.61 Å².